The Labute approximate surface area is 234 Å². The number of alkyl halides is 3. The van der Waals surface area contributed by atoms with E-state index in [1.807, 2.05) is 0 Å². The molecule has 0 aliphatic carbocycles. The number of hydrogen-bond acceptors (Lipinski definition) is 5. The zero-order chi connectivity index (χ0) is 28.8. The average Bonchev–Trinajstić information content (AvgIpc) is 2.97. The van der Waals surface area contributed by atoms with Crippen LogP contribution < -0.4 is 14.8 Å². The number of likely N-dealkylation sites (tertiary alicyclic amines) is 1. The summed E-state index contributed by atoms with van der Waals surface area (Å²) in [6, 6.07) is 24.5. The van der Waals surface area contributed by atoms with Crippen LogP contribution in [-0.4, -0.2) is 47.3 Å². The number of ether oxygens (including phenoxy) is 2. The van der Waals surface area contributed by atoms with E-state index in [2.05, 4.69) is 15.0 Å². The molecular formula is C31H26F3N3O4. The molecule has 1 N–H and O–H groups in total. The molecule has 0 saturated carbocycles. The predicted molar refractivity (Wildman–Crippen MR) is 147 cm³/mol. The molecule has 0 radical (unpaired) electrons. The van der Waals surface area contributed by atoms with Crippen LogP contribution in [0.1, 0.15) is 33.7 Å². The Kier molecular flexibility index (Phi) is 8.19. The Balaban J connectivity index is 1.21. The predicted octanol–water partition coefficient (Wildman–Crippen LogP) is 6.58. The highest BCUT2D eigenvalue weighted by molar-refractivity contribution is 6.08. The highest BCUT2D eigenvalue weighted by atomic mass is 19.4. The number of anilines is 1. The number of aromatic nitrogens is 1. The number of nitrogens with one attached hydrogen (secondary N) is 1. The largest absolute Gasteiger partial charge is 0.573 e. The fourth-order valence-corrected chi connectivity index (χ4v) is 4.64. The van der Waals surface area contributed by atoms with Crippen molar-refractivity contribution in [2.24, 2.45) is 0 Å². The number of piperidine rings is 1. The topological polar surface area (TPSA) is 80.8 Å². The highest BCUT2D eigenvalue weighted by Crippen LogP contribution is 2.29. The Hall–Kier alpha value is -4.86. The molecule has 7 nitrogen and oxygen atoms in total. The first-order valence-electron chi connectivity index (χ1n) is 13.0. The van der Waals surface area contributed by atoms with Crippen LogP contribution in [0, 0.1) is 0 Å². The third-order valence-electron chi connectivity index (χ3n) is 6.58. The van der Waals surface area contributed by atoms with Crippen molar-refractivity contribution in [3.8, 4) is 22.6 Å². The van der Waals surface area contributed by atoms with E-state index < -0.39 is 6.36 Å². The summed E-state index contributed by atoms with van der Waals surface area (Å²) in [6.45, 7) is 1.10. The van der Waals surface area contributed by atoms with Gasteiger partial charge in [0.1, 0.15) is 23.3 Å². The second-order valence-electron chi connectivity index (χ2n) is 9.42. The molecule has 0 unspecified atom stereocenters. The van der Waals surface area contributed by atoms with Crippen LogP contribution >= 0.6 is 0 Å². The summed E-state index contributed by atoms with van der Waals surface area (Å²) in [7, 11) is 0. The van der Waals surface area contributed by atoms with Crippen molar-refractivity contribution in [1.29, 1.82) is 0 Å². The lowest BCUT2D eigenvalue weighted by molar-refractivity contribution is -0.274. The SMILES string of the molecule is O=C(Nc1cccc(OC2CCN(C(=O)c3ccccn3)CC2)c1)c1ccccc1-c1ccc(OC(F)(F)F)cc1. The number of amides is 2. The molecule has 10 heteroatoms. The number of halogens is 3. The summed E-state index contributed by atoms with van der Waals surface area (Å²) in [5.41, 5.74) is 2.43. The lowest BCUT2D eigenvalue weighted by Crippen LogP contribution is -2.42. The molecule has 2 amide bonds. The van der Waals surface area contributed by atoms with E-state index in [9.17, 15) is 22.8 Å². The van der Waals surface area contributed by atoms with Gasteiger partial charge in [-0.1, -0.05) is 42.5 Å². The molecule has 3 aromatic carbocycles. The molecule has 0 spiro atoms. The number of carbonyl (C=O) groups excluding carboxylic acids is 2. The molecule has 0 atom stereocenters. The molecule has 4 aromatic rings. The van der Waals surface area contributed by atoms with Gasteiger partial charge in [0.25, 0.3) is 11.8 Å². The van der Waals surface area contributed by atoms with Crippen LogP contribution in [0.5, 0.6) is 11.5 Å². The fourth-order valence-electron chi connectivity index (χ4n) is 4.64. The summed E-state index contributed by atoms with van der Waals surface area (Å²) in [5.74, 6) is -0.231. The molecular weight excluding hydrogens is 535 g/mol. The van der Waals surface area contributed by atoms with Crippen molar-refractivity contribution in [1.82, 2.24) is 9.88 Å². The van der Waals surface area contributed by atoms with Gasteiger partial charge in [-0.25, -0.2) is 0 Å². The van der Waals surface area contributed by atoms with Gasteiger partial charge >= 0.3 is 6.36 Å². The second kappa shape index (κ2) is 12.1. The lowest BCUT2D eigenvalue weighted by Gasteiger charge is -2.32. The summed E-state index contributed by atoms with van der Waals surface area (Å²) < 4.78 is 47.6. The Morgan fingerprint density at radius 2 is 1.59 bits per heavy atom. The second-order valence-corrected chi connectivity index (χ2v) is 9.42. The van der Waals surface area contributed by atoms with Crippen LogP contribution in [0.2, 0.25) is 0 Å². The average molecular weight is 562 g/mol. The van der Waals surface area contributed by atoms with E-state index in [1.165, 1.54) is 24.3 Å². The van der Waals surface area contributed by atoms with Crippen molar-refractivity contribution >= 4 is 17.5 Å². The number of rotatable bonds is 7. The number of carbonyl (C=O) groups is 2. The Bertz CT molecular complexity index is 1500. The van der Waals surface area contributed by atoms with Gasteiger partial charge in [0, 0.05) is 49.4 Å². The van der Waals surface area contributed by atoms with Gasteiger partial charge in [-0.2, -0.15) is 0 Å². The smallest absolute Gasteiger partial charge is 0.490 e. The molecule has 1 saturated heterocycles. The van der Waals surface area contributed by atoms with Gasteiger partial charge in [-0.05, 0) is 53.6 Å². The van der Waals surface area contributed by atoms with Crippen molar-refractivity contribution in [2.45, 2.75) is 25.3 Å². The molecule has 0 bridgehead atoms. The third kappa shape index (κ3) is 7.21. The van der Waals surface area contributed by atoms with Gasteiger partial charge < -0.3 is 19.7 Å². The normalized spacial score (nSPS) is 13.9. The van der Waals surface area contributed by atoms with E-state index in [1.54, 1.807) is 77.8 Å². The Morgan fingerprint density at radius 1 is 0.854 bits per heavy atom. The summed E-state index contributed by atoms with van der Waals surface area (Å²) >= 11 is 0. The fraction of sp³-hybridized carbons (Fsp3) is 0.194. The molecule has 1 aromatic heterocycles. The van der Waals surface area contributed by atoms with Crippen LogP contribution in [-0.2, 0) is 0 Å². The van der Waals surface area contributed by atoms with Crippen molar-refractivity contribution < 1.29 is 32.2 Å². The maximum Gasteiger partial charge on any atom is 0.573 e. The van der Waals surface area contributed by atoms with Gasteiger partial charge in [0.2, 0.25) is 0 Å². The highest BCUT2D eigenvalue weighted by Gasteiger charge is 2.31. The molecule has 2 heterocycles. The minimum absolute atomic E-state index is 0.0845. The van der Waals surface area contributed by atoms with Crippen LogP contribution in [0.3, 0.4) is 0 Å². The molecule has 1 aliphatic heterocycles. The minimum atomic E-state index is -4.78. The van der Waals surface area contributed by atoms with Gasteiger partial charge in [0.05, 0.1) is 0 Å². The zero-order valence-electron chi connectivity index (χ0n) is 21.8. The zero-order valence-corrected chi connectivity index (χ0v) is 21.8. The lowest BCUT2D eigenvalue weighted by atomic mass is 9.99. The Morgan fingerprint density at radius 3 is 2.29 bits per heavy atom. The van der Waals surface area contributed by atoms with E-state index in [-0.39, 0.29) is 23.7 Å². The minimum Gasteiger partial charge on any atom is -0.490 e. The standard InChI is InChI=1S/C31H26F3N3O4/c32-31(33,34)41-24-13-11-21(12-14-24)26-8-1-2-9-27(26)29(38)36-22-6-5-7-25(20-22)40-23-15-18-37(19-16-23)30(39)28-10-3-4-17-35-28/h1-14,17,20,23H,15-16,18-19H2,(H,36,38). The quantitative estimate of drug-likeness (QED) is 0.276. The van der Waals surface area contributed by atoms with E-state index in [4.69, 9.17) is 4.74 Å². The molecule has 1 fully saturated rings. The van der Waals surface area contributed by atoms with Gasteiger partial charge in [-0.15, -0.1) is 13.2 Å². The molecule has 210 valence electrons. The maximum absolute atomic E-state index is 13.2. The van der Waals surface area contributed by atoms with E-state index in [0.717, 1.165) is 0 Å². The number of pyridine rings is 1. The summed E-state index contributed by atoms with van der Waals surface area (Å²) in [4.78, 5) is 31.8. The number of nitrogens with zero attached hydrogens (tertiary/aromatic N) is 2. The van der Waals surface area contributed by atoms with Crippen molar-refractivity contribution in [3.63, 3.8) is 0 Å². The molecule has 1 aliphatic rings. The number of hydrogen-bond donors (Lipinski definition) is 1. The van der Waals surface area contributed by atoms with Crippen LogP contribution in [0.25, 0.3) is 11.1 Å². The van der Waals surface area contributed by atoms with Gasteiger partial charge in [0.15, 0.2) is 0 Å². The summed E-state index contributed by atoms with van der Waals surface area (Å²) in [5, 5.41) is 2.88. The maximum atomic E-state index is 13.2. The van der Waals surface area contributed by atoms with Gasteiger partial charge in [-0.3, -0.25) is 14.6 Å². The van der Waals surface area contributed by atoms with Crippen LogP contribution in [0.15, 0.2) is 97.2 Å². The van der Waals surface area contributed by atoms with E-state index >= 15 is 0 Å². The first-order valence-corrected chi connectivity index (χ1v) is 13.0. The molecule has 5 rings (SSSR count). The first kappa shape index (κ1) is 27.7. The summed E-state index contributed by atoms with van der Waals surface area (Å²) in [6.07, 6.45) is -1.95. The van der Waals surface area contributed by atoms with Crippen molar-refractivity contribution in [2.75, 3.05) is 18.4 Å². The number of benzene rings is 3. The third-order valence-corrected chi connectivity index (χ3v) is 6.58. The monoisotopic (exact) mass is 561 g/mol. The molecule has 41 heavy (non-hydrogen) atoms. The first-order chi connectivity index (χ1) is 19.7. The van der Waals surface area contributed by atoms with E-state index in [0.29, 0.717) is 59.8 Å². The van der Waals surface area contributed by atoms with Crippen molar-refractivity contribution in [3.05, 3.63) is 108 Å². The van der Waals surface area contributed by atoms with Crippen LogP contribution in [0.4, 0.5) is 18.9 Å².